The van der Waals surface area contributed by atoms with Crippen LogP contribution in [0.1, 0.15) is 36.8 Å². The number of hydrogen-bond donors (Lipinski definition) is 1. The number of alkyl halides is 1. The SMILES string of the molecule is CC(C)n1nc(C(=O)N2CCC(F)(C(=O)O)C2)c2ccccc2c1=O. The van der Waals surface area contributed by atoms with Crippen molar-refractivity contribution < 1.29 is 19.1 Å². The van der Waals surface area contributed by atoms with Gasteiger partial charge in [0.2, 0.25) is 5.67 Å². The first kappa shape index (κ1) is 17.1. The number of carbonyl (C=O) groups excluding carboxylic acids is 1. The van der Waals surface area contributed by atoms with Gasteiger partial charge in [-0.25, -0.2) is 13.9 Å². The third-order valence-corrected chi connectivity index (χ3v) is 4.41. The second-order valence-electron chi connectivity index (χ2n) is 6.48. The maximum absolute atomic E-state index is 14.3. The Balaban J connectivity index is 2.10. The van der Waals surface area contributed by atoms with Crippen LogP contribution in [0.3, 0.4) is 0 Å². The Kier molecular flexibility index (Phi) is 4.06. The highest BCUT2D eigenvalue weighted by Crippen LogP contribution is 2.28. The number of benzene rings is 1. The van der Waals surface area contributed by atoms with Crippen molar-refractivity contribution in [1.29, 1.82) is 0 Å². The van der Waals surface area contributed by atoms with Gasteiger partial charge in [0.05, 0.1) is 18.0 Å². The maximum Gasteiger partial charge on any atom is 0.343 e. The zero-order valence-electron chi connectivity index (χ0n) is 13.9. The van der Waals surface area contributed by atoms with E-state index < -0.39 is 24.1 Å². The van der Waals surface area contributed by atoms with Gasteiger partial charge in [0, 0.05) is 18.4 Å². The molecule has 0 aliphatic carbocycles. The van der Waals surface area contributed by atoms with Crippen molar-refractivity contribution in [1.82, 2.24) is 14.7 Å². The zero-order chi connectivity index (χ0) is 18.4. The Hall–Kier alpha value is -2.77. The van der Waals surface area contributed by atoms with Gasteiger partial charge >= 0.3 is 5.97 Å². The Labute approximate surface area is 142 Å². The Bertz CT molecular complexity index is 924. The number of nitrogens with zero attached hydrogens (tertiary/aromatic N) is 3. The second kappa shape index (κ2) is 5.94. The van der Waals surface area contributed by atoms with E-state index in [0.717, 1.165) is 4.90 Å². The first-order valence-electron chi connectivity index (χ1n) is 7.98. The summed E-state index contributed by atoms with van der Waals surface area (Å²) in [5.74, 6) is -2.15. The van der Waals surface area contributed by atoms with E-state index in [9.17, 15) is 18.8 Å². The molecule has 1 N–H and O–H groups in total. The summed E-state index contributed by atoms with van der Waals surface area (Å²) in [6.45, 7) is 2.99. The molecule has 0 radical (unpaired) electrons. The number of aliphatic carboxylic acids is 1. The second-order valence-corrected chi connectivity index (χ2v) is 6.48. The van der Waals surface area contributed by atoms with Gasteiger partial charge in [0.1, 0.15) is 0 Å². The molecule has 2 heterocycles. The minimum Gasteiger partial charge on any atom is -0.479 e. The van der Waals surface area contributed by atoms with Gasteiger partial charge < -0.3 is 10.0 Å². The zero-order valence-corrected chi connectivity index (χ0v) is 13.9. The van der Waals surface area contributed by atoms with Crippen molar-refractivity contribution in [2.45, 2.75) is 32.0 Å². The van der Waals surface area contributed by atoms with E-state index >= 15 is 0 Å². The van der Waals surface area contributed by atoms with Gasteiger partial charge in [-0.1, -0.05) is 18.2 Å². The molecular weight excluding hydrogens is 329 g/mol. The Morgan fingerprint density at radius 1 is 1.28 bits per heavy atom. The molecule has 1 aliphatic rings. The Morgan fingerprint density at radius 2 is 1.92 bits per heavy atom. The van der Waals surface area contributed by atoms with Crippen LogP contribution in [0.25, 0.3) is 10.8 Å². The summed E-state index contributed by atoms with van der Waals surface area (Å²) in [7, 11) is 0. The number of amides is 1. The van der Waals surface area contributed by atoms with E-state index in [-0.39, 0.29) is 30.3 Å². The summed E-state index contributed by atoms with van der Waals surface area (Å²) in [5.41, 5.74) is -2.73. The summed E-state index contributed by atoms with van der Waals surface area (Å²) in [6, 6.07) is 6.32. The number of rotatable bonds is 3. The summed E-state index contributed by atoms with van der Waals surface area (Å²) >= 11 is 0. The lowest BCUT2D eigenvalue weighted by Crippen LogP contribution is -2.39. The van der Waals surface area contributed by atoms with Crippen LogP contribution in [-0.2, 0) is 4.79 Å². The summed E-state index contributed by atoms with van der Waals surface area (Å²) in [6.07, 6.45) is -0.268. The minimum absolute atomic E-state index is 0.0154. The molecule has 8 heteroatoms. The molecule has 3 rings (SSSR count). The monoisotopic (exact) mass is 347 g/mol. The molecule has 1 unspecified atom stereocenters. The molecule has 1 aliphatic heterocycles. The minimum atomic E-state index is -2.45. The number of hydrogen-bond acceptors (Lipinski definition) is 4. The molecule has 0 bridgehead atoms. The molecule has 25 heavy (non-hydrogen) atoms. The lowest BCUT2D eigenvalue weighted by molar-refractivity contribution is -0.149. The third kappa shape index (κ3) is 2.77. The molecule has 0 saturated carbocycles. The van der Waals surface area contributed by atoms with E-state index in [4.69, 9.17) is 5.11 Å². The van der Waals surface area contributed by atoms with Crippen LogP contribution in [0.4, 0.5) is 4.39 Å². The van der Waals surface area contributed by atoms with Gasteiger partial charge in [-0.3, -0.25) is 9.59 Å². The summed E-state index contributed by atoms with van der Waals surface area (Å²) in [4.78, 5) is 37.5. The average Bonchev–Trinajstić information content (AvgIpc) is 2.98. The predicted octanol–water partition coefficient (Wildman–Crippen LogP) is 1.62. The molecule has 132 valence electrons. The molecule has 1 atom stereocenters. The van der Waals surface area contributed by atoms with Crippen molar-refractivity contribution in [3.8, 4) is 0 Å². The Morgan fingerprint density at radius 3 is 2.48 bits per heavy atom. The van der Waals surface area contributed by atoms with Gasteiger partial charge in [0.25, 0.3) is 11.5 Å². The first-order chi connectivity index (χ1) is 11.7. The van der Waals surface area contributed by atoms with Crippen molar-refractivity contribution in [3.05, 3.63) is 40.3 Å². The van der Waals surface area contributed by atoms with Crippen LogP contribution >= 0.6 is 0 Å². The third-order valence-electron chi connectivity index (χ3n) is 4.41. The molecule has 0 spiro atoms. The van der Waals surface area contributed by atoms with Gasteiger partial charge in [-0.2, -0.15) is 5.10 Å². The number of halogens is 1. The molecule has 1 saturated heterocycles. The number of carboxylic acid groups (broad SMARTS) is 1. The fourth-order valence-electron chi connectivity index (χ4n) is 2.98. The van der Waals surface area contributed by atoms with Crippen molar-refractivity contribution in [3.63, 3.8) is 0 Å². The number of aromatic nitrogens is 2. The largest absolute Gasteiger partial charge is 0.479 e. The van der Waals surface area contributed by atoms with E-state index in [1.54, 1.807) is 38.1 Å². The van der Waals surface area contributed by atoms with E-state index in [2.05, 4.69) is 5.10 Å². The lowest BCUT2D eigenvalue weighted by atomic mass is 10.1. The molecule has 1 aromatic heterocycles. The van der Waals surface area contributed by atoms with Crippen molar-refractivity contribution in [2.75, 3.05) is 13.1 Å². The van der Waals surface area contributed by atoms with Crippen LogP contribution in [0, 0.1) is 0 Å². The highest BCUT2D eigenvalue weighted by Gasteiger charge is 2.47. The summed E-state index contributed by atoms with van der Waals surface area (Å²) < 4.78 is 15.5. The standard InChI is InChI=1S/C17H18FN3O4/c1-10(2)21-14(22)12-6-4-3-5-11(12)13(19-21)15(23)20-8-7-17(18,9-20)16(24)25/h3-6,10H,7-9H2,1-2H3,(H,24,25). The van der Waals surface area contributed by atoms with E-state index in [1.165, 1.54) is 4.68 Å². The van der Waals surface area contributed by atoms with Gasteiger partial charge in [0.15, 0.2) is 5.69 Å². The van der Waals surface area contributed by atoms with E-state index in [1.807, 2.05) is 0 Å². The van der Waals surface area contributed by atoms with Crippen LogP contribution in [0.15, 0.2) is 29.1 Å². The first-order valence-corrected chi connectivity index (χ1v) is 7.98. The fourth-order valence-corrected chi connectivity index (χ4v) is 2.98. The quantitative estimate of drug-likeness (QED) is 0.911. The predicted molar refractivity (Wildman–Crippen MR) is 88.4 cm³/mol. The van der Waals surface area contributed by atoms with Gasteiger partial charge in [-0.05, 0) is 19.9 Å². The van der Waals surface area contributed by atoms with Gasteiger partial charge in [-0.15, -0.1) is 0 Å². The molecular formula is C17H18FN3O4. The highest BCUT2D eigenvalue weighted by atomic mass is 19.1. The molecule has 2 aromatic rings. The molecule has 1 fully saturated rings. The maximum atomic E-state index is 14.3. The number of carbonyl (C=O) groups is 2. The van der Waals surface area contributed by atoms with Crippen molar-refractivity contribution in [2.24, 2.45) is 0 Å². The number of carboxylic acids is 1. The molecule has 1 aromatic carbocycles. The summed E-state index contributed by atoms with van der Waals surface area (Å²) in [5, 5.41) is 13.9. The normalized spacial score (nSPS) is 20.4. The van der Waals surface area contributed by atoms with E-state index in [0.29, 0.717) is 10.8 Å². The highest BCUT2D eigenvalue weighted by molar-refractivity contribution is 6.05. The molecule has 7 nitrogen and oxygen atoms in total. The van der Waals surface area contributed by atoms with Crippen LogP contribution in [0.5, 0.6) is 0 Å². The topological polar surface area (TPSA) is 92.5 Å². The number of likely N-dealkylation sites (tertiary alicyclic amines) is 1. The molecule has 1 amide bonds. The van der Waals surface area contributed by atoms with Crippen molar-refractivity contribution >= 4 is 22.6 Å². The fraction of sp³-hybridized carbons (Fsp3) is 0.412. The van der Waals surface area contributed by atoms with Crippen LogP contribution in [-0.4, -0.2) is 50.4 Å². The average molecular weight is 347 g/mol. The lowest BCUT2D eigenvalue weighted by Gasteiger charge is -2.19. The van der Waals surface area contributed by atoms with Crippen LogP contribution < -0.4 is 5.56 Å². The smallest absolute Gasteiger partial charge is 0.343 e. The number of fused-ring (bicyclic) bond motifs is 1. The van der Waals surface area contributed by atoms with Crippen LogP contribution in [0.2, 0.25) is 0 Å².